The highest BCUT2D eigenvalue weighted by Crippen LogP contribution is 2.30. The van der Waals surface area contributed by atoms with Gasteiger partial charge in [-0.3, -0.25) is 19.2 Å². The minimum atomic E-state index is -0.988. The van der Waals surface area contributed by atoms with Crippen molar-refractivity contribution in [1.29, 1.82) is 0 Å². The molecule has 1 fully saturated rings. The predicted octanol–water partition coefficient (Wildman–Crippen LogP) is 1.37. The Balaban J connectivity index is 1.52. The molecule has 4 rings (SSSR count). The highest BCUT2D eigenvalue weighted by atomic mass is 32.2. The molecule has 3 amide bonds. The van der Waals surface area contributed by atoms with E-state index in [1.165, 1.54) is 9.80 Å². The van der Waals surface area contributed by atoms with Gasteiger partial charge in [-0.05, 0) is 30.3 Å². The summed E-state index contributed by atoms with van der Waals surface area (Å²) in [5.41, 5.74) is 1.52. The Labute approximate surface area is 176 Å². The highest BCUT2D eigenvalue weighted by molar-refractivity contribution is 8.00. The van der Waals surface area contributed by atoms with Gasteiger partial charge in [0.25, 0.3) is 5.91 Å². The normalized spacial score (nSPS) is 18.3. The number of anilines is 1. The van der Waals surface area contributed by atoms with Gasteiger partial charge in [0.05, 0.1) is 35.6 Å². The van der Waals surface area contributed by atoms with Crippen LogP contribution in [0.1, 0.15) is 10.4 Å². The molecule has 0 saturated carbocycles. The Morgan fingerprint density at radius 2 is 2.03 bits per heavy atom. The summed E-state index contributed by atoms with van der Waals surface area (Å²) in [4.78, 5) is 52.0. The Kier molecular flexibility index (Phi) is 5.49. The van der Waals surface area contributed by atoms with Crippen molar-refractivity contribution in [1.82, 2.24) is 9.80 Å². The number of carboxylic acids is 1. The number of carbonyl (C=O) groups excluding carboxylic acids is 3. The van der Waals surface area contributed by atoms with Crippen molar-refractivity contribution in [2.24, 2.45) is 0 Å². The first-order valence-electron chi connectivity index (χ1n) is 9.31. The van der Waals surface area contributed by atoms with E-state index in [-0.39, 0.29) is 48.9 Å². The number of amides is 3. The van der Waals surface area contributed by atoms with E-state index in [0.29, 0.717) is 17.0 Å². The molecule has 0 bridgehead atoms. The van der Waals surface area contributed by atoms with Crippen molar-refractivity contribution in [3.63, 3.8) is 0 Å². The summed E-state index contributed by atoms with van der Waals surface area (Å²) in [6.07, 6.45) is 1.55. The summed E-state index contributed by atoms with van der Waals surface area (Å²) in [6.45, 7) is 0.578. The van der Waals surface area contributed by atoms with Crippen LogP contribution >= 0.6 is 11.8 Å². The molecule has 1 saturated heterocycles. The van der Waals surface area contributed by atoms with Crippen LogP contribution in [0.5, 0.6) is 0 Å². The van der Waals surface area contributed by atoms with E-state index in [2.05, 4.69) is 5.32 Å². The molecule has 2 aliphatic rings. The Morgan fingerprint density at radius 3 is 2.77 bits per heavy atom. The highest BCUT2D eigenvalue weighted by Gasteiger charge is 2.40. The first-order valence-corrected chi connectivity index (χ1v) is 10.5. The van der Waals surface area contributed by atoms with E-state index >= 15 is 0 Å². The van der Waals surface area contributed by atoms with Gasteiger partial charge in [-0.15, -0.1) is 11.8 Å². The van der Waals surface area contributed by atoms with Crippen LogP contribution in [0, 0.1) is 0 Å². The van der Waals surface area contributed by atoms with Gasteiger partial charge >= 0.3 is 5.97 Å². The number of piperazine rings is 1. The lowest BCUT2D eigenvalue weighted by molar-refractivity contribution is -0.134. The molecule has 30 heavy (non-hydrogen) atoms. The van der Waals surface area contributed by atoms with E-state index in [1.54, 1.807) is 36.6 Å². The molecule has 156 valence electrons. The molecular weight excluding hydrogens is 410 g/mol. The molecule has 10 heteroatoms. The molecular formula is C20H19N3O6S. The first-order chi connectivity index (χ1) is 14.4. The summed E-state index contributed by atoms with van der Waals surface area (Å²) in [6, 6.07) is 7.87. The van der Waals surface area contributed by atoms with Crippen molar-refractivity contribution in [2.45, 2.75) is 6.04 Å². The fraction of sp³-hybridized carbons (Fsp3) is 0.300. The SMILES string of the molecule is O=C(O)CSCC(=O)N1CCN2C(=O)c3cc(-c4ccco4)ccc3NC(=O)[C@H]2C1. The Bertz CT molecular complexity index is 1010. The molecule has 3 heterocycles. The molecule has 2 aliphatic heterocycles. The van der Waals surface area contributed by atoms with E-state index in [0.717, 1.165) is 17.3 Å². The van der Waals surface area contributed by atoms with Crippen molar-refractivity contribution >= 4 is 41.1 Å². The zero-order valence-electron chi connectivity index (χ0n) is 15.9. The van der Waals surface area contributed by atoms with Crippen LogP contribution in [0.3, 0.4) is 0 Å². The van der Waals surface area contributed by atoms with Gasteiger partial charge in [0.2, 0.25) is 11.8 Å². The van der Waals surface area contributed by atoms with Crippen LogP contribution in [0.4, 0.5) is 5.69 Å². The molecule has 1 atom stereocenters. The largest absolute Gasteiger partial charge is 0.481 e. The lowest BCUT2D eigenvalue weighted by Gasteiger charge is -2.39. The lowest BCUT2D eigenvalue weighted by atomic mass is 10.1. The summed E-state index contributed by atoms with van der Waals surface area (Å²) >= 11 is 1.01. The van der Waals surface area contributed by atoms with Crippen molar-refractivity contribution < 1.29 is 28.7 Å². The third-order valence-corrected chi connectivity index (χ3v) is 5.96. The number of benzene rings is 1. The molecule has 0 aliphatic carbocycles. The van der Waals surface area contributed by atoms with Crippen LogP contribution in [-0.2, 0) is 14.4 Å². The zero-order chi connectivity index (χ0) is 21.3. The zero-order valence-corrected chi connectivity index (χ0v) is 16.7. The van der Waals surface area contributed by atoms with Gasteiger partial charge in [0, 0.05) is 18.7 Å². The summed E-state index contributed by atoms with van der Waals surface area (Å²) in [5.74, 6) is -1.41. The van der Waals surface area contributed by atoms with Crippen molar-refractivity contribution in [3.8, 4) is 11.3 Å². The van der Waals surface area contributed by atoms with E-state index in [9.17, 15) is 19.2 Å². The Hall–Kier alpha value is -3.27. The first kappa shape index (κ1) is 20.0. The number of rotatable bonds is 5. The number of aliphatic carboxylic acids is 1. The quantitative estimate of drug-likeness (QED) is 0.736. The third kappa shape index (κ3) is 3.90. The number of carboxylic acid groups (broad SMARTS) is 1. The molecule has 2 aromatic rings. The maximum Gasteiger partial charge on any atom is 0.313 e. The number of hydrogen-bond acceptors (Lipinski definition) is 6. The lowest BCUT2D eigenvalue weighted by Crippen LogP contribution is -2.59. The molecule has 1 aromatic heterocycles. The topological polar surface area (TPSA) is 120 Å². The van der Waals surface area contributed by atoms with Crippen LogP contribution < -0.4 is 5.32 Å². The Morgan fingerprint density at radius 1 is 1.20 bits per heavy atom. The number of carbonyl (C=O) groups is 4. The molecule has 0 unspecified atom stereocenters. The van der Waals surface area contributed by atoms with Crippen LogP contribution in [0.2, 0.25) is 0 Å². The van der Waals surface area contributed by atoms with Crippen molar-refractivity contribution in [3.05, 3.63) is 42.2 Å². The fourth-order valence-corrected chi connectivity index (χ4v) is 4.22. The molecule has 0 radical (unpaired) electrons. The number of nitrogens with zero attached hydrogens (tertiary/aromatic N) is 2. The van der Waals surface area contributed by atoms with Gasteiger partial charge in [-0.25, -0.2) is 0 Å². The third-order valence-electron chi connectivity index (χ3n) is 5.06. The summed E-state index contributed by atoms with van der Waals surface area (Å²) in [5, 5.41) is 11.5. The number of fused-ring (bicyclic) bond motifs is 2. The maximum absolute atomic E-state index is 13.2. The second kappa shape index (κ2) is 8.23. The van der Waals surface area contributed by atoms with Gasteiger partial charge < -0.3 is 24.6 Å². The number of furan rings is 1. The van der Waals surface area contributed by atoms with Crippen LogP contribution in [0.15, 0.2) is 41.0 Å². The molecule has 1 aromatic carbocycles. The predicted molar refractivity (Wildman–Crippen MR) is 109 cm³/mol. The number of hydrogen-bond donors (Lipinski definition) is 2. The monoisotopic (exact) mass is 429 g/mol. The van der Waals surface area contributed by atoms with E-state index < -0.39 is 12.0 Å². The van der Waals surface area contributed by atoms with E-state index in [4.69, 9.17) is 9.52 Å². The standard InChI is InChI=1S/C20H19N3O6S/c24-17(10-30-11-18(25)26)22-5-6-23-15(9-22)19(27)21-14-4-3-12(8-13(14)20(23)28)16-2-1-7-29-16/h1-4,7-8,15H,5-6,9-11H2,(H,21,27)(H,25,26)/t15-/m1/s1. The number of thioether (sulfide) groups is 1. The molecule has 0 spiro atoms. The van der Waals surface area contributed by atoms with Gasteiger partial charge in [0.1, 0.15) is 11.8 Å². The van der Waals surface area contributed by atoms with Gasteiger partial charge in [-0.1, -0.05) is 0 Å². The van der Waals surface area contributed by atoms with E-state index in [1.807, 2.05) is 0 Å². The van der Waals surface area contributed by atoms with Crippen LogP contribution in [0.25, 0.3) is 11.3 Å². The fourth-order valence-electron chi connectivity index (χ4n) is 3.59. The molecule has 9 nitrogen and oxygen atoms in total. The summed E-state index contributed by atoms with van der Waals surface area (Å²) in [7, 11) is 0. The second-order valence-electron chi connectivity index (χ2n) is 6.97. The minimum absolute atomic E-state index is 0.0152. The second-order valence-corrected chi connectivity index (χ2v) is 7.95. The smallest absolute Gasteiger partial charge is 0.313 e. The maximum atomic E-state index is 13.2. The average Bonchev–Trinajstić information content (AvgIpc) is 3.24. The average molecular weight is 429 g/mol. The van der Waals surface area contributed by atoms with Crippen molar-refractivity contribution in [2.75, 3.05) is 36.5 Å². The van der Waals surface area contributed by atoms with Gasteiger partial charge in [0.15, 0.2) is 0 Å². The van der Waals surface area contributed by atoms with Gasteiger partial charge in [-0.2, -0.15) is 0 Å². The minimum Gasteiger partial charge on any atom is -0.481 e. The summed E-state index contributed by atoms with van der Waals surface area (Å²) < 4.78 is 5.40. The molecule has 2 N–H and O–H groups in total. The van der Waals surface area contributed by atoms with Crippen LogP contribution in [-0.4, -0.2) is 75.8 Å². The number of nitrogens with one attached hydrogen (secondary N) is 1.